The largest absolute Gasteiger partial charge is 0.491 e. The van der Waals surface area contributed by atoms with Crippen LogP contribution in [0.25, 0.3) is 0 Å². The molecule has 30 heavy (non-hydrogen) atoms. The molecule has 0 unspecified atom stereocenters. The van der Waals surface area contributed by atoms with E-state index in [1.54, 1.807) is 12.1 Å². The fourth-order valence-electron chi connectivity index (χ4n) is 3.50. The molecule has 3 aromatic rings. The maximum absolute atomic E-state index is 13.3. The van der Waals surface area contributed by atoms with Gasteiger partial charge in [0, 0.05) is 19.6 Å². The van der Waals surface area contributed by atoms with Crippen LogP contribution in [0.4, 0.5) is 4.39 Å². The first-order valence-corrected chi connectivity index (χ1v) is 10.3. The number of hydrogen-bond acceptors (Lipinski definition) is 3. The van der Waals surface area contributed by atoms with Gasteiger partial charge in [0.1, 0.15) is 24.3 Å². The summed E-state index contributed by atoms with van der Waals surface area (Å²) in [6.45, 7) is 8.17. The van der Waals surface area contributed by atoms with Gasteiger partial charge in [0.2, 0.25) is 0 Å². The number of nitrogens with zero attached hydrogens (tertiary/aromatic N) is 1. The van der Waals surface area contributed by atoms with Crippen LogP contribution >= 0.6 is 0 Å². The Morgan fingerprint density at radius 1 is 0.900 bits per heavy atom. The first kappa shape index (κ1) is 22.0. The minimum Gasteiger partial charge on any atom is -0.491 e. The Bertz CT molecular complexity index is 956. The Labute approximate surface area is 178 Å². The van der Waals surface area contributed by atoms with Crippen molar-refractivity contribution < 1.29 is 14.2 Å². The molecular weight excluding hydrogens is 377 g/mol. The normalized spacial score (nSPS) is 12.2. The van der Waals surface area contributed by atoms with Crippen molar-refractivity contribution in [1.82, 2.24) is 4.90 Å². The average molecular weight is 408 g/mol. The molecule has 1 atom stereocenters. The molecule has 0 heterocycles. The number of hydrogen-bond donors (Lipinski definition) is 1. The van der Waals surface area contributed by atoms with E-state index in [1.807, 2.05) is 31.2 Å². The van der Waals surface area contributed by atoms with E-state index < -0.39 is 6.10 Å². The lowest BCUT2D eigenvalue weighted by atomic mass is 10.0. The second-order valence-corrected chi connectivity index (χ2v) is 7.96. The van der Waals surface area contributed by atoms with E-state index in [2.05, 4.69) is 36.9 Å². The van der Waals surface area contributed by atoms with Crippen LogP contribution in [0.15, 0.2) is 66.7 Å². The molecule has 0 amide bonds. The van der Waals surface area contributed by atoms with Crippen LogP contribution in [0, 0.1) is 26.6 Å². The molecule has 1 N–H and O–H groups in total. The molecule has 0 spiro atoms. The van der Waals surface area contributed by atoms with Crippen LogP contribution in [0.2, 0.25) is 0 Å². The topological polar surface area (TPSA) is 32.7 Å². The molecule has 3 nitrogen and oxygen atoms in total. The number of halogens is 1. The SMILES string of the molecule is Cc1ccc(C)c(CN(Cc2ccc(F)cc2)C[C@@H](O)COc2ccccc2C)c1. The van der Waals surface area contributed by atoms with Crippen molar-refractivity contribution in [3.05, 3.63) is 100 Å². The van der Waals surface area contributed by atoms with Gasteiger partial charge in [-0.3, -0.25) is 4.90 Å². The van der Waals surface area contributed by atoms with E-state index >= 15 is 0 Å². The molecule has 158 valence electrons. The molecule has 0 aliphatic carbocycles. The van der Waals surface area contributed by atoms with Crippen LogP contribution in [0.5, 0.6) is 5.75 Å². The summed E-state index contributed by atoms with van der Waals surface area (Å²) in [5.74, 6) is 0.544. The van der Waals surface area contributed by atoms with Crippen molar-refractivity contribution in [2.45, 2.75) is 40.0 Å². The fourth-order valence-corrected chi connectivity index (χ4v) is 3.50. The van der Waals surface area contributed by atoms with Crippen LogP contribution < -0.4 is 4.74 Å². The zero-order valence-corrected chi connectivity index (χ0v) is 17.9. The zero-order chi connectivity index (χ0) is 21.5. The van der Waals surface area contributed by atoms with E-state index in [0.717, 1.165) is 16.9 Å². The Kier molecular flexibility index (Phi) is 7.61. The molecule has 0 radical (unpaired) electrons. The van der Waals surface area contributed by atoms with Gasteiger partial charge >= 0.3 is 0 Å². The van der Waals surface area contributed by atoms with Gasteiger partial charge in [-0.2, -0.15) is 0 Å². The van der Waals surface area contributed by atoms with Gasteiger partial charge in [0.05, 0.1) is 0 Å². The molecule has 0 aliphatic rings. The first-order chi connectivity index (χ1) is 14.4. The first-order valence-electron chi connectivity index (χ1n) is 10.3. The third-order valence-electron chi connectivity index (χ3n) is 5.21. The summed E-state index contributed by atoms with van der Waals surface area (Å²) >= 11 is 0. The standard InChI is InChI=1S/C26H30FNO2/c1-19-8-9-20(2)23(14-19)16-28(15-22-10-12-24(27)13-11-22)17-25(29)18-30-26-7-5-4-6-21(26)3/h4-14,25,29H,15-18H2,1-3H3/t25-/m1/s1. The quantitative estimate of drug-likeness (QED) is 0.530. The predicted octanol–water partition coefficient (Wildman–Crippen LogP) is 5.19. The predicted molar refractivity (Wildman–Crippen MR) is 119 cm³/mol. The van der Waals surface area contributed by atoms with Crippen LogP contribution in [-0.2, 0) is 13.1 Å². The molecule has 3 rings (SSSR count). The molecule has 3 aromatic carbocycles. The minimum atomic E-state index is -0.643. The molecule has 0 fully saturated rings. The van der Waals surface area contributed by atoms with Crippen molar-refractivity contribution in [2.24, 2.45) is 0 Å². The third-order valence-corrected chi connectivity index (χ3v) is 5.21. The average Bonchev–Trinajstić information content (AvgIpc) is 2.72. The van der Waals surface area contributed by atoms with Crippen molar-refractivity contribution in [1.29, 1.82) is 0 Å². The second kappa shape index (κ2) is 10.4. The van der Waals surface area contributed by atoms with Gasteiger partial charge < -0.3 is 9.84 Å². The van der Waals surface area contributed by atoms with Gasteiger partial charge in [-0.15, -0.1) is 0 Å². The highest BCUT2D eigenvalue weighted by Gasteiger charge is 2.15. The van der Waals surface area contributed by atoms with E-state index in [1.165, 1.54) is 28.8 Å². The Morgan fingerprint density at radius 3 is 2.37 bits per heavy atom. The lowest BCUT2D eigenvalue weighted by molar-refractivity contribution is 0.0625. The van der Waals surface area contributed by atoms with E-state index in [9.17, 15) is 9.50 Å². The number of para-hydroxylation sites is 1. The fraction of sp³-hybridized carbons (Fsp3) is 0.308. The van der Waals surface area contributed by atoms with E-state index in [-0.39, 0.29) is 12.4 Å². The zero-order valence-electron chi connectivity index (χ0n) is 17.9. The van der Waals surface area contributed by atoms with Crippen LogP contribution in [0.3, 0.4) is 0 Å². The van der Waals surface area contributed by atoms with E-state index in [4.69, 9.17) is 4.74 Å². The lowest BCUT2D eigenvalue weighted by Gasteiger charge is -2.26. The summed E-state index contributed by atoms with van der Waals surface area (Å²) in [4.78, 5) is 2.18. The Balaban J connectivity index is 1.70. The maximum Gasteiger partial charge on any atom is 0.123 e. The summed E-state index contributed by atoms with van der Waals surface area (Å²) in [5.41, 5.74) is 5.71. The van der Waals surface area contributed by atoms with Gasteiger partial charge in [-0.25, -0.2) is 4.39 Å². The van der Waals surface area contributed by atoms with E-state index in [0.29, 0.717) is 19.6 Å². The molecule has 0 saturated carbocycles. The highest BCUT2D eigenvalue weighted by atomic mass is 19.1. The number of aryl methyl sites for hydroxylation is 3. The summed E-state index contributed by atoms with van der Waals surface area (Å²) in [5, 5.41) is 10.7. The summed E-state index contributed by atoms with van der Waals surface area (Å²) in [6.07, 6.45) is -0.643. The van der Waals surface area contributed by atoms with Gasteiger partial charge in [0.25, 0.3) is 0 Å². The molecule has 0 saturated heterocycles. The molecule has 0 bridgehead atoms. The minimum absolute atomic E-state index is 0.220. The number of aliphatic hydroxyl groups is 1. The smallest absolute Gasteiger partial charge is 0.123 e. The lowest BCUT2D eigenvalue weighted by Crippen LogP contribution is -2.35. The highest BCUT2D eigenvalue weighted by Crippen LogP contribution is 2.18. The Morgan fingerprint density at radius 2 is 1.63 bits per heavy atom. The highest BCUT2D eigenvalue weighted by molar-refractivity contribution is 5.32. The van der Waals surface area contributed by atoms with Gasteiger partial charge in [-0.05, 0) is 61.2 Å². The van der Waals surface area contributed by atoms with Crippen molar-refractivity contribution in [2.75, 3.05) is 13.2 Å². The second-order valence-electron chi connectivity index (χ2n) is 7.96. The molecule has 0 aliphatic heterocycles. The summed E-state index contributed by atoms with van der Waals surface area (Å²) in [7, 11) is 0. The van der Waals surface area contributed by atoms with Crippen molar-refractivity contribution in [3.63, 3.8) is 0 Å². The molecule has 4 heteroatoms. The third kappa shape index (κ3) is 6.41. The van der Waals surface area contributed by atoms with Crippen LogP contribution in [-0.4, -0.2) is 29.3 Å². The number of benzene rings is 3. The number of rotatable bonds is 9. The van der Waals surface area contributed by atoms with Crippen LogP contribution in [0.1, 0.15) is 27.8 Å². The Hall–Kier alpha value is -2.69. The van der Waals surface area contributed by atoms with Crippen molar-refractivity contribution in [3.8, 4) is 5.75 Å². The number of aliphatic hydroxyl groups excluding tert-OH is 1. The molecule has 0 aromatic heterocycles. The monoisotopic (exact) mass is 407 g/mol. The molecular formula is C26H30FNO2. The van der Waals surface area contributed by atoms with Gasteiger partial charge in [-0.1, -0.05) is 54.1 Å². The van der Waals surface area contributed by atoms with Gasteiger partial charge in [0.15, 0.2) is 0 Å². The summed E-state index contributed by atoms with van der Waals surface area (Å²) in [6, 6.07) is 20.7. The van der Waals surface area contributed by atoms with Crippen molar-refractivity contribution >= 4 is 0 Å². The summed E-state index contributed by atoms with van der Waals surface area (Å²) < 4.78 is 19.1. The maximum atomic E-state index is 13.3. The number of ether oxygens (including phenoxy) is 1.